The smallest absolute Gasteiger partial charge is 0.303 e. The Hall–Kier alpha value is -5.17. The first-order chi connectivity index (χ1) is 17.9. The number of nitriles is 1. The van der Waals surface area contributed by atoms with Crippen LogP contribution in [0, 0.1) is 11.5 Å². The molecule has 0 heterocycles. The zero-order valence-corrected chi connectivity index (χ0v) is 19.9. The van der Waals surface area contributed by atoms with Crippen LogP contribution in [0.15, 0.2) is 83.9 Å². The van der Waals surface area contributed by atoms with Crippen LogP contribution in [-0.4, -0.2) is 35.4 Å². The molecular weight excluding hydrogens is 472 g/mol. The minimum atomic E-state index is -0.928. The molecule has 0 unspecified atom stereocenters. The van der Waals surface area contributed by atoms with Crippen molar-refractivity contribution in [3.63, 3.8) is 0 Å². The Balaban J connectivity index is 1.58. The average Bonchev–Trinajstić information content (AvgIpc) is 2.90. The molecule has 0 bridgehead atoms. The zero-order valence-electron chi connectivity index (χ0n) is 19.9. The highest BCUT2D eigenvalue weighted by molar-refractivity contribution is 6.01. The summed E-state index contributed by atoms with van der Waals surface area (Å²) in [7, 11) is 0. The minimum Gasteiger partial charge on any atom is -0.481 e. The number of hydrogen-bond donors (Lipinski definition) is 5. The third kappa shape index (κ3) is 8.84. The molecule has 0 spiro atoms. The number of para-hydroxylation sites is 1. The van der Waals surface area contributed by atoms with Crippen molar-refractivity contribution in [2.45, 2.75) is 19.4 Å². The maximum absolute atomic E-state index is 12.6. The van der Waals surface area contributed by atoms with E-state index in [1.165, 1.54) is 0 Å². The Labute approximate surface area is 214 Å². The highest BCUT2D eigenvalue weighted by atomic mass is 16.4. The number of guanidine groups is 1. The fraction of sp³-hybridized carbons (Fsp3) is 0.148. The number of aryl methyl sites for hydroxylation is 1. The number of nitrogens with zero attached hydrogens (tertiary/aromatic N) is 2. The van der Waals surface area contributed by atoms with Crippen molar-refractivity contribution in [2.24, 2.45) is 4.99 Å². The fourth-order valence-corrected chi connectivity index (χ4v) is 3.35. The van der Waals surface area contributed by atoms with Crippen molar-refractivity contribution in [3.05, 3.63) is 95.6 Å². The lowest BCUT2D eigenvalue weighted by molar-refractivity contribution is -0.137. The average molecular weight is 499 g/mol. The van der Waals surface area contributed by atoms with Gasteiger partial charge >= 0.3 is 5.97 Å². The number of amides is 2. The van der Waals surface area contributed by atoms with Crippen molar-refractivity contribution in [3.8, 4) is 6.19 Å². The van der Waals surface area contributed by atoms with Gasteiger partial charge in [0.25, 0.3) is 5.91 Å². The molecule has 0 saturated heterocycles. The molecule has 5 N–H and O–H groups in total. The van der Waals surface area contributed by atoms with Crippen LogP contribution in [0.2, 0.25) is 0 Å². The largest absolute Gasteiger partial charge is 0.481 e. The number of carbonyl (C=O) groups is 3. The second-order valence-corrected chi connectivity index (χ2v) is 7.87. The highest BCUT2D eigenvalue weighted by Crippen LogP contribution is 2.17. The van der Waals surface area contributed by atoms with Crippen LogP contribution >= 0.6 is 0 Å². The number of rotatable bonds is 10. The van der Waals surface area contributed by atoms with E-state index in [0.29, 0.717) is 29.0 Å². The van der Waals surface area contributed by atoms with E-state index < -0.39 is 17.8 Å². The Morgan fingerprint density at radius 2 is 1.68 bits per heavy atom. The number of benzene rings is 3. The summed E-state index contributed by atoms with van der Waals surface area (Å²) < 4.78 is 0. The molecule has 3 rings (SSSR count). The molecule has 0 aliphatic heterocycles. The van der Waals surface area contributed by atoms with Crippen molar-refractivity contribution in [1.29, 1.82) is 5.26 Å². The molecule has 0 aliphatic carbocycles. The number of aliphatic carboxylic acids is 1. The summed E-state index contributed by atoms with van der Waals surface area (Å²) in [6, 6.07) is 23.0. The van der Waals surface area contributed by atoms with Crippen molar-refractivity contribution in [2.75, 3.05) is 17.2 Å². The van der Waals surface area contributed by atoms with Gasteiger partial charge < -0.3 is 21.1 Å². The normalized spacial score (nSPS) is 10.6. The first-order valence-corrected chi connectivity index (χ1v) is 11.4. The summed E-state index contributed by atoms with van der Waals surface area (Å²) in [4.78, 5) is 40.3. The van der Waals surface area contributed by atoms with Crippen LogP contribution in [0.5, 0.6) is 0 Å². The minimum absolute atomic E-state index is 0.0590. The summed E-state index contributed by atoms with van der Waals surface area (Å²) in [5, 5.41) is 28.7. The molecule has 3 aromatic rings. The molecule has 10 heteroatoms. The first kappa shape index (κ1) is 26.4. The maximum Gasteiger partial charge on any atom is 0.303 e. The Morgan fingerprint density at radius 1 is 0.919 bits per heavy atom. The lowest BCUT2D eigenvalue weighted by Crippen LogP contribution is -2.33. The van der Waals surface area contributed by atoms with E-state index in [4.69, 9.17) is 10.4 Å². The van der Waals surface area contributed by atoms with Gasteiger partial charge in [0.1, 0.15) is 0 Å². The number of carbonyl (C=O) groups excluding carboxylic acids is 2. The zero-order chi connectivity index (χ0) is 26.5. The van der Waals surface area contributed by atoms with Crippen LogP contribution in [0.25, 0.3) is 0 Å². The molecule has 0 saturated carbocycles. The summed E-state index contributed by atoms with van der Waals surface area (Å²) in [5.41, 5.74) is 3.00. The number of nitrogens with one attached hydrogen (secondary N) is 4. The predicted octanol–water partition coefficient (Wildman–Crippen LogP) is 3.11. The number of hydrogen-bond acceptors (Lipinski definition) is 5. The van der Waals surface area contributed by atoms with E-state index >= 15 is 0 Å². The Bertz CT molecular complexity index is 1320. The monoisotopic (exact) mass is 498 g/mol. The third-order valence-electron chi connectivity index (χ3n) is 5.13. The highest BCUT2D eigenvalue weighted by Gasteiger charge is 2.12. The van der Waals surface area contributed by atoms with Gasteiger partial charge in [0, 0.05) is 23.4 Å². The van der Waals surface area contributed by atoms with Crippen LogP contribution < -0.4 is 21.3 Å². The van der Waals surface area contributed by atoms with Gasteiger partial charge in [-0.15, -0.1) is 0 Å². The van der Waals surface area contributed by atoms with Gasteiger partial charge in [-0.2, -0.15) is 5.26 Å². The Kier molecular flexibility index (Phi) is 9.75. The van der Waals surface area contributed by atoms with Gasteiger partial charge in [-0.3, -0.25) is 19.7 Å². The number of carboxylic acid groups (broad SMARTS) is 1. The molecule has 3 aromatic carbocycles. The third-order valence-corrected chi connectivity index (χ3v) is 5.13. The second kappa shape index (κ2) is 13.7. The summed E-state index contributed by atoms with van der Waals surface area (Å²) in [5.74, 6) is -1.61. The topological polar surface area (TPSA) is 156 Å². The molecular formula is C27H26N6O4. The maximum atomic E-state index is 12.6. The second-order valence-electron chi connectivity index (χ2n) is 7.87. The van der Waals surface area contributed by atoms with Crippen LogP contribution in [0.1, 0.15) is 27.9 Å². The Morgan fingerprint density at radius 3 is 2.43 bits per heavy atom. The number of anilines is 2. The van der Waals surface area contributed by atoms with E-state index in [-0.39, 0.29) is 25.3 Å². The molecule has 0 fully saturated rings. The van der Waals surface area contributed by atoms with Crippen molar-refractivity contribution < 1.29 is 19.5 Å². The van der Waals surface area contributed by atoms with Gasteiger partial charge in [0.2, 0.25) is 11.9 Å². The SMILES string of the molecule is N#CNC(=NCc1ccccc1)Nc1cccc(C(=O)NCC(=O)Nc2ccccc2CCC(=O)O)c1. The lowest BCUT2D eigenvalue weighted by atomic mass is 10.1. The van der Waals surface area contributed by atoms with E-state index in [9.17, 15) is 14.4 Å². The van der Waals surface area contributed by atoms with Gasteiger partial charge in [0.05, 0.1) is 13.1 Å². The predicted molar refractivity (Wildman–Crippen MR) is 140 cm³/mol. The quantitative estimate of drug-likeness (QED) is 0.124. The molecule has 2 amide bonds. The fourth-order valence-electron chi connectivity index (χ4n) is 3.35. The molecule has 37 heavy (non-hydrogen) atoms. The van der Waals surface area contributed by atoms with E-state index in [1.807, 2.05) is 36.5 Å². The summed E-state index contributed by atoms with van der Waals surface area (Å²) in [6.45, 7) is 0.0795. The van der Waals surface area contributed by atoms with Gasteiger partial charge in [-0.25, -0.2) is 4.99 Å². The van der Waals surface area contributed by atoms with E-state index in [0.717, 1.165) is 5.56 Å². The molecule has 0 aliphatic rings. The molecule has 0 aromatic heterocycles. The first-order valence-electron chi connectivity index (χ1n) is 11.4. The lowest BCUT2D eigenvalue weighted by Gasteiger charge is -2.12. The van der Waals surface area contributed by atoms with Gasteiger partial charge in [0.15, 0.2) is 6.19 Å². The number of carboxylic acids is 1. The standard InChI is InChI=1S/C27H26N6O4/c28-18-31-27(30-16-19-7-2-1-3-8-19)32-22-11-6-10-21(15-22)26(37)29-17-24(34)33-23-12-5-4-9-20(23)13-14-25(35)36/h1-12,15H,13-14,16-17H2,(H,29,37)(H,33,34)(H,35,36)(H2,30,31,32). The van der Waals surface area contributed by atoms with Crippen LogP contribution in [0.3, 0.4) is 0 Å². The van der Waals surface area contributed by atoms with Gasteiger partial charge in [-0.1, -0.05) is 54.6 Å². The van der Waals surface area contributed by atoms with Crippen LogP contribution in [0.4, 0.5) is 11.4 Å². The van der Waals surface area contributed by atoms with Crippen molar-refractivity contribution >= 4 is 35.1 Å². The molecule has 10 nitrogen and oxygen atoms in total. The van der Waals surface area contributed by atoms with E-state index in [1.54, 1.807) is 48.5 Å². The molecule has 0 radical (unpaired) electrons. The summed E-state index contributed by atoms with van der Waals surface area (Å²) in [6.07, 6.45) is 2.05. The van der Waals surface area contributed by atoms with Crippen LogP contribution in [-0.2, 0) is 22.6 Å². The van der Waals surface area contributed by atoms with Gasteiger partial charge in [-0.05, 0) is 41.8 Å². The number of aliphatic imine (C=N–C) groups is 1. The van der Waals surface area contributed by atoms with Crippen molar-refractivity contribution in [1.82, 2.24) is 10.6 Å². The summed E-state index contributed by atoms with van der Waals surface area (Å²) >= 11 is 0. The molecule has 0 atom stereocenters. The van der Waals surface area contributed by atoms with E-state index in [2.05, 4.69) is 26.3 Å². The molecule has 188 valence electrons.